The lowest BCUT2D eigenvalue weighted by molar-refractivity contribution is 0.395. The fourth-order valence-corrected chi connectivity index (χ4v) is 0.655. The highest BCUT2D eigenvalue weighted by Crippen LogP contribution is 1.93. The second-order valence-corrected chi connectivity index (χ2v) is 2.46. The first kappa shape index (κ1) is 8.52. The van der Waals surface area contributed by atoms with Crippen molar-refractivity contribution in [2.24, 2.45) is 0 Å². The topological polar surface area (TPSA) is 3.24 Å². The molecule has 0 fully saturated rings. The molecule has 0 aliphatic heterocycles. The molecule has 0 aromatic rings. The van der Waals surface area contributed by atoms with Crippen molar-refractivity contribution in [1.29, 1.82) is 0 Å². The SMILES string of the molecule is C#CCCCCN(C)C. The lowest BCUT2D eigenvalue weighted by Gasteiger charge is -2.06. The maximum absolute atomic E-state index is 5.08. The van der Waals surface area contributed by atoms with Crippen LogP contribution >= 0.6 is 0 Å². The van der Waals surface area contributed by atoms with Gasteiger partial charge in [-0.2, -0.15) is 0 Å². The van der Waals surface area contributed by atoms with E-state index >= 15 is 0 Å². The molecule has 1 heteroatoms. The number of hydrogen-bond donors (Lipinski definition) is 0. The first-order valence-corrected chi connectivity index (χ1v) is 3.35. The molecule has 0 saturated heterocycles. The first-order chi connectivity index (χ1) is 4.27. The van der Waals surface area contributed by atoms with Crippen molar-refractivity contribution in [2.45, 2.75) is 19.3 Å². The van der Waals surface area contributed by atoms with Crippen LogP contribution in [0.15, 0.2) is 0 Å². The Bertz CT molecular complexity index is 89.2. The third-order valence-corrected chi connectivity index (χ3v) is 1.18. The van der Waals surface area contributed by atoms with E-state index in [9.17, 15) is 0 Å². The molecule has 0 atom stereocenters. The number of nitrogens with zero attached hydrogens (tertiary/aromatic N) is 1. The van der Waals surface area contributed by atoms with E-state index in [2.05, 4.69) is 24.9 Å². The number of terminal acetylenes is 1. The fourth-order valence-electron chi connectivity index (χ4n) is 0.655. The Hall–Kier alpha value is -0.480. The summed E-state index contributed by atoms with van der Waals surface area (Å²) >= 11 is 0. The van der Waals surface area contributed by atoms with Crippen LogP contribution in [0.5, 0.6) is 0 Å². The van der Waals surface area contributed by atoms with E-state index in [1.165, 1.54) is 6.42 Å². The van der Waals surface area contributed by atoms with Gasteiger partial charge in [-0.3, -0.25) is 0 Å². The minimum Gasteiger partial charge on any atom is -0.309 e. The second-order valence-electron chi connectivity index (χ2n) is 2.46. The predicted molar refractivity (Wildman–Crippen MR) is 41.2 cm³/mol. The van der Waals surface area contributed by atoms with Crippen LogP contribution in [0.25, 0.3) is 0 Å². The molecule has 0 spiro atoms. The number of rotatable bonds is 4. The standard InChI is InChI=1S/C8H15N/c1-4-5-6-7-8-9(2)3/h1H,5-8H2,2-3H3. The minimum absolute atomic E-state index is 0.924. The molecule has 1 nitrogen and oxygen atoms in total. The molecule has 9 heavy (non-hydrogen) atoms. The molecule has 0 aliphatic rings. The predicted octanol–water partition coefficient (Wildman–Crippen LogP) is 1.35. The van der Waals surface area contributed by atoms with Crippen LogP contribution < -0.4 is 0 Å². The molecule has 0 bridgehead atoms. The molecular formula is C8H15N. The normalized spacial score (nSPS) is 9.56. The van der Waals surface area contributed by atoms with Crippen LogP contribution in [-0.2, 0) is 0 Å². The van der Waals surface area contributed by atoms with Gasteiger partial charge in [0.25, 0.3) is 0 Å². The smallest absolute Gasteiger partial charge is 0.00865 e. The minimum atomic E-state index is 0.924. The van der Waals surface area contributed by atoms with E-state index in [0.717, 1.165) is 19.4 Å². The molecule has 0 saturated carbocycles. The van der Waals surface area contributed by atoms with E-state index in [0.29, 0.717) is 0 Å². The monoisotopic (exact) mass is 125 g/mol. The Balaban J connectivity index is 2.85. The van der Waals surface area contributed by atoms with Gasteiger partial charge in [0.1, 0.15) is 0 Å². The molecule has 0 radical (unpaired) electrons. The summed E-state index contributed by atoms with van der Waals surface area (Å²) in [5, 5.41) is 0. The van der Waals surface area contributed by atoms with Crippen LogP contribution in [0.3, 0.4) is 0 Å². The van der Waals surface area contributed by atoms with Gasteiger partial charge in [0.05, 0.1) is 0 Å². The highest BCUT2D eigenvalue weighted by molar-refractivity contribution is 4.82. The van der Waals surface area contributed by atoms with Crippen molar-refractivity contribution in [1.82, 2.24) is 4.90 Å². The molecule has 0 N–H and O–H groups in total. The van der Waals surface area contributed by atoms with Crippen molar-refractivity contribution in [3.63, 3.8) is 0 Å². The Labute approximate surface area is 58.1 Å². The average Bonchev–Trinajstić information content (AvgIpc) is 1.80. The van der Waals surface area contributed by atoms with Crippen molar-refractivity contribution < 1.29 is 0 Å². The van der Waals surface area contributed by atoms with Gasteiger partial charge in [0.15, 0.2) is 0 Å². The van der Waals surface area contributed by atoms with Crippen molar-refractivity contribution in [3.8, 4) is 12.3 Å². The van der Waals surface area contributed by atoms with Gasteiger partial charge < -0.3 is 4.90 Å². The Morgan fingerprint density at radius 3 is 2.44 bits per heavy atom. The zero-order chi connectivity index (χ0) is 7.11. The van der Waals surface area contributed by atoms with Crippen LogP contribution in [-0.4, -0.2) is 25.5 Å². The van der Waals surface area contributed by atoms with Gasteiger partial charge >= 0.3 is 0 Å². The van der Waals surface area contributed by atoms with E-state index in [1.54, 1.807) is 0 Å². The van der Waals surface area contributed by atoms with Gasteiger partial charge in [-0.1, -0.05) is 0 Å². The molecule has 0 aromatic carbocycles. The zero-order valence-corrected chi connectivity index (χ0v) is 6.35. The lowest BCUT2D eigenvalue weighted by Crippen LogP contribution is -2.12. The molecule has 0 amide bonds. The number of unbranched alkanes of at least 4 members (excludes halogenated alkanes) is 2. The molecule has 0 aromatic heterocycles. The first-order valence-electron chi connectivity index (χ1n) is 3.35. The van der Waals surface area contributed by atoms with Gasteiger partial charge in [-0.15, -0.1) is 12.3 Å². The quantitative estimate of drug-likeness (QED) is 0.405. The fraction of sp³-hybridized carbons (Fsp3) is 0.750. The van der Waals surface area contributed by atoms with E-state index in [-0.39, 0.29) is 0 Å². The molecule has 0 aliphatic carbocycles. The maximum atomic E-state index is 5.08. The van der Waals surface area contributed by atoms with Gasteiger partial charge in [-0.05, 0) is 33.5 Å². The molecular weight excluding hydrogens is 110 g/mol. The van der Waals surface area contributed by atoms with Crippen LogP contribution in [0.4, 0.5) is 0 Å². The Morgan fingerprint density at radius 2 is 2.00 bits per heavy atom. The largest absolute Gasteiger partial charge is 0.309 e. The summed E-state index contributed by atoms with van der Waals surface area (Å²) in [7, 11) is 4.16. The van der Waals surface area contributed by atoms with Crippen molar-refractivity contribution in [3.05, 3.63) is 0 Å². The summed E-state index contributed by atoms with van der Waals surface area (Å²) < 4.78 is 0. The van der Waals surface area contributed by atoms with E-state index in [1.807, 2.05) is 0 Å². The van der Waals surface area contributed by atoms with Crippen molar-refractivity contribution >= 4 is 0 Å². The lowest BCUT2D eigenvalue weighted by atomic mass is 10.2. The summed E-state index contributed by atoms with van der Waals surface area (Å²) in [4.78, 5) is 2.18. The van der Waals surface area contributed by atoms with Gasteiger partial charge in [0.2, 0.25) is 0 Å². The van der Waals surface area contributed by atoms with E-state index < -0.39 is 0 Å². The maximum Gasteiger partial charge on any atom is 0.00865 e. The summed E-state index contributed by atoms with van der Waals surface area (Å²) in [6.07, 6.45) is 8.39. The van der Waals surface area contributed by atoms with Crippen LogP contribution in [0.2, 0.25) is 0 Å². The van der Waals surface area contributed by atoms with Gasteiger partial charge in [-0.25, -0.2) is 0 Å². The number of hydrogen-bond acceptors (Lipinski definition) is 1. The van der Waals surface area contributed by atoms with Crippen LogP contribution in [0, 0.1) is 12.3 Å². The average molecular weight is 125 g/mol. The third-order valence-electron chi connectivity index (χ3n) is 1.18. The summed E-state index contributed by atoms with van der Waals surface area (Å²) in [6.45, 7) is 1.15. The van der Waals surface area contributed by atoms with Crippen molar-refractivity contribution in [2.75, 3.05) is 20.6 Å². The Morgan fingerprint density at radius 1 is 1.33 bits per heavy atom. The molecule has 0 rings (SSSR count). The summed E-state index contributed by atoms with van der Waals surface area (Å²) in [5.74, 6) is 2.62. The summed E-state index contributed by atoms with van der Waals surface area (Å²) in [6, 6.07) is 0. The van der Waals surface area contributed by atoms with E-state index in [4.69, 9.17) is 6.42 Å². The summed E-state index contributed by atoms with van der Waals surface area (Å²) in [5.41, 5.74) is 0. The molecule has 0 heterocycles. The Kier molecular flexibility index (Phi) is 5.35. The molecule has 0 unspecified atom stereocenters. The van der Waals surface area contributed by atoms with Gasteiger partial charge in [0, 0.05) is 6.42 Å². The zero-order valence-electron chi connectivity index (χ0n) is 6.35. The third kappa shape index (κ3) is 7.52. The second kappa shape index (κ2) is 5.65. The van der Waals surface area contributed by atoms with Crippen LogP contribution in [0.1, 0.15) is 19.3 Å². The highest BCUT2D eigenvalue weighted by atomic mass is 15.0. The highest BCUT2D eigenvalue weighted by Gasteiger charge is 1.87. The molecule has 52 valence electrons.